The Kier molecular flexibility index (Phi) is 9.96. The maximum absolute atomic E-state index is 14.3. The molecule has 3 aliphatic heterocycles. The highest BCUT2D eigenvalue weighted by Gasteiger charge is 2.62. The Labute approximate surface area is 289 Å². The normalized spacial score (nSPS) is 31.3. The third kappa shape index (κ3) is 7.42. The highest BCUT2D eigenvalue weighted by molar-refractivity contribution is 7.91. The van der Waals surface area contributed by atoms with E-state index in [1.165, 1.54) is 11.0 Å². The van der Waals surface area contributed by atoms with Gasteiger partial charge in [-0.15, -0.1) is 6.58 Å². The molecule has 1 aromatic rings. The number of carbonyl (C=O) groups is 4. The standard InChI is InChI=1S/C36H49N5O7S/c1-5-26-18-36(26,34(44)39-49(46,47)28-15-16-28)38-32(42)30-17-27-20-41(30)33(43)31(22(2)3)37-23(4)11-8-6-7-9-12-24-13-10-14-25-19-40(21-29(24)25)35(45)48-27/h5,9-10,12-14,22-23,26-28,30-31,37H,1,6-8,11,15-21H2,2-4H3,(H,38,42)(H,39,44)/b12-9+/t23?,26-,27-,30+,31+,36-/m1/s1. The minimum atomic E-state index is -3.85. The van der Waals surface area contributed by atoms with Crippen molar-refractivity contribution in [2.45, 2.75) is 120 Å². The molecule has 4 bridgehead atoms. The molecule has 1 unspecified atom stereocenters. The number of allylic oxidation sites excluding steroid dienone is 1. The van der Waals surface area contributed by atoms with Gasteiger partial charge >= 0.3 is 6.09 Å². The van der Waals surface area contributed by atoms with Gasteiger partial charge in [0, 0.05) is 24.9 Å². The number of hydrogen-bond acceptors (Lipinski definition) is 8. The first kappa shape index (κ1) is 35.1. The molecular formula is C36H49N5O7S. The van der Waals surface area contributed by atoms with Gasteiger partial charge in [0.15, 0.2) is 0 Å². The van der Waals surface area contributed by atoms with Crippen molar-refractivity contribution in [3.8, 4) is 0 Å². The fourth-order valence-corrected chi connectivity index (χ4v) is 8.75. The largest absolute Gasteiger partial charge is 0.444 e. The highest BCUT2D eigenvalue weighted by atomic mass is 32.2. The third-order valence-electron chi connectivity index (χ3n) is 10.6. The van der Waals surface area contributed by atoms with Crippen molar-refractivity contribution in [3.05, 3.63) is 53.6 Å². The molecule has 2 aliphatic carbocycles. The van der Waals surface area contributed by atoms with Crippen LogP contribution in [0.4, 0.5) is 4.79 Å². The fraction of sp³-hybridized carbons (Fsp3) is 0.611. The average molecular weight is 696 g/mol. The van der Waals surface area contributed by atoms with Crippen LogP contribution in [-0.4, -0.2) is 83.6 Å². The molecule has 6 rings (SSSR count). The van der Waals surface area contributed by atoms with Crippen LogP contribution in [0.5, 0.6) is 0 Å². The van der Waals surface area contributed by atoms with E-state index >= 15 is 0 Å². The van der Waals surface area contributed by atoms with Gasteiger partial charge in [0.1, 0.15) is 17.7 Å². The first-order valence-corrected chi connectivity index (χ1v) is 19.2. The van der Waals surface area contributed by atoms with E-state index in [0.717, 1.165) is 42.4 Å². The first-order chi connectivity index (χ1) is 23.3. The molecule has 0 aromatic heterocycles. The second-order valence-corrected chi connectivity index (χ2v) is 16.7. The zero-order chi connectivity index (χ0) is 35.1. The second kappa shape index (κ2) is 13.9. The van der Waals surface area contributed by atoms with Crippen LogP contribution in [0.2, 0.25) is 0 Å². The summed E-state index contributed by atoms with van der Waals surface area (Å²) in [5.74, 6) is -2.27. The third-order valence-corrected chi connectivity index (χ3v) is 12.4. The summed E-state index contributed by atoms with van der Waals surface area (Å²) >= 11 is 0. The molecular weight excluding hydrogens is 646 g/mol. The number of hydrogen-bond donors (Lipinski definition) is 3. The van der Waals surface area contributed by atoms with Crippen molar-refractivity contribution in [1.82, 2.24) is 25.2 Å². The van der Waals surface area contributed by atoms with E-state index in [-0.39, 0.29) is 37.3 Å². The smallest absolute Gasteiger partial charge is 0.410 e. The fourth-order valence-electron chi connectivity index (χ4n) is 7.38. The van der Waals surface area contributed by atoms with E-state index in [1.54, 1.807) is 4.90 Å². The van der Waals surface area contributed by atoms with Crippen LogP contribution >= 0.6 is 0 Å². The SMILES string of the molecule is C=C[C@@H]1C[C@]1(NC(=O)[C@@H]1C[C@@H]2CN1C(=O)[C@H](C(C)C)NC(C)CCCC/C=C/c1cccc3c1CN(C3)C(=O)O2)C(=O)NS(=O)(=O)C1CC1. The Morgan fingerprint density at radius 2 is 1.92 bits per heavy atom. The number of rotatable bonds is 7. The minimum absolute atomic E-state index is 0.0108. The van der Waals surface area contributed by atoms with Gasteiger partial charge < -0.3 is 20.3 Å². The molecule has 5 aliphatic rings. The lowest BCUT2D eigenvalue weighted by atomic mass is 9.99. The molecule has 6 atom stereocenters. The molecule has 12 nitrogen and oxygen atoms in total. The van der Waals surface area contributed by atoms with Crippen molar-refractivity contribution in [2.24, 2.45) is 11.8 Å². The number of nitrogens with zero attached hydrogens (tertiary/aromatic N) is 2. The van der Waals surface area contributed by atoms with E-state index < -0.39 is 62.8 Å². The zero-order valence-electron chi connectivity index (χ0n) is 28.7. The number of nitrogens with one attached hydrogen (secondary N) is 3. The van der Waals surface area contributed by atoms with E-state index in [0.29, 0.717) is 25.9 Å². The van der Waals surface area contributed by atoms with Gasteiger partial charge in [-0.3, -0.25) is 24.0 Å². The molecule has 0 radical (unpaired) electrons. The summed E-state index contributed by atoms with van der Waals surface area (Å²) in [7, 11) is -3.85. The van der Waals surface area contributed by atoms with Crippen LogP contribution in [-0.2, 0) is 42.2 Å². The van der Waals surface area contributed by atoms with Crippen molar-refractivity contribution >= 4 is 39.9 Å². The molecule has 1 saturated heterocycles. The Balaban J connectivity index is 1.25. The van der Waals surface area contributed by atoms with Crippen molar-refractivity contribution in [3.63, 3.8) is 0 Å². The van der Waals surface area contributed by atoms with Crippen LogP contribution in [0.15, 0.2) is 36.9 Å². The summed E-state index contributed by atoms with van der Waals surface area (Å²) in [6, 6.07) is 4.45. The second-order valence-electron chi connectivity index (χ2n) is 14.7. The maximum atomic E-state index is 14.3. The Morgan fingerprint density at radius 1 is 1.14 bits per heavy atom. The van der Waals surface area contributed by atoms with Crippen LogP contribution in [0, 0.1) is 11.8 Å². The lowest BCUT2D eigenvalue weighted by molar-refractivity contribution is -0.142. The van der Waals surface area contributed by atoms with Gasteiger partial charge in [0.05, 0.1) is 24.4 Å². The Bertz CT molecular complexity index is 1640. The lowest BCUT2D eigenvalue weighted by Crippen LogP contribution is -2.59. The predicted molar refractivity (Wildman–Crippen MR) is 184 cm³/mol. The molecule has 13 heteroatoms. The summed E-state index contributed by atoms with van der Waals surface area (Å²) in [6.07, 6.45) is 9.49. The summed E-state index contributed by atoms with van der Waals surface area (Å²) in [5.41, 5.74) is 1.73. The van der Waals surface area contributed by atoms with Gasteiger partial charge in [0.2, 0.25) is 21.8 Å². The molecule has 4 amide bonds. The van der Waals surface area contributed by atoms with Crippen molar-refractivity contribution in [2.75, 3.05) is 6.54 Å². The number of carbonyl (C=O) groups excluding carboxylic acids is 4. The lowest BCUT2D eigenvalue weighted by Gasteiger charge is -2.33. The topological polar surface area (TPSA) is 154 Å². The van der Waals surface area contributed by atoms with Gasteiger partial charge in [-0.25, -0.2) is 13.2 Å². The maximum Gasteiger partial charge on any atom is 0.410 e. The minimum Gasteiger partial charge on any atom is -0.444 e. The summed E-state index contributed by atoms with van der Waals surface area (Å²) in [5, 5.41) is 5.70. The van der Waals surface area contributed by atoms with E-state index in [2.05, 4.69) is 47.1 Å². The predicted octanol–water partition coefficient (Wildman–Crippen LogP) is 3.37. The first-order valence-electron chi connectivity index (χ1n) is 17.6. The van der Waals surface area contributed by atoms with Crippen LogP contribution in [0.25, 0.3) is 6.08 Å². The average Bonchev–Trinajstić information content (AvgIpc) is 3.95. The quantitative estimate of drug-likeness (QED) is 0.367. The molecule has 3 N–H and O–H groups in total. The number of fused-ring (bicyclic) bond motifs is 3. The Morgan fingerprint density at radius 3 is 2.61 bits per heavy atom. The Hall–Kier alpha value is -3.71. The van der Waals surface area contributed by atoms with Crippen LogP contribution in [0.1, 0.15) is 88.8 Å². The molecule has 2 saturated carbocycles. The zero-order valence-corrected chi connectivity index (χ0v) is 29.5. The van der Waals surface area contributed by atoms with Gasteiger partial charge in [-0.1, -0.05) is 56.7 Å². The van der Waals surface area contributed by atoms with Crippen LogP contribution in [0.3, 0.4) is 0 Å². The number of ether oxygens (including phenoxy) is 1. The molecule has 0 spiro atoms. The number of benzene rings is 1. The summed E-state index contributed by atoms with van der Waals surface area (Å²) in [4.78, 5) is 58.5. The van der Waals surface area contributed by atoms with Gasteiger partial charge in [0.25, 0.3) is 5.91 Å². The molecule has 3 heterocycles. The van der Waals surface area contributed by atoms with Gasteiger partial charge in [-0.05, 0) is 68.1 Å². The monoisotopic (exact) mass is 695 g/mol. The van der Waals surface area contributed by atoms with Crippen LogP contribution < -0.4 is 15.4 Å². The highest BCUT2D eigenvalue weighted by Crippen LogP contribution is 2.45. The van der Waals surface area contributed by atoms with Crippen molar-refractivity contribution < 1.29 is 32.3 Å². The summed E-state index contributed by atoms with van der Waals surface area (Å²) < 4.78 is 33.4. The molecule has 1 aromatic carbocycles. The van der Waals surface area contributed by atoms with Crippen molar-refractivity contribution in [1.29, 1.82) is 0 Å². The molecule has 266 valence electrons. The number of amides is 4. The van der Waals surface area contributed by atoms with E-state index in [4.69, 9.17) is 4.74 Å². The van der Waals surface area contributed by atoms with Gasteiger partial charge in [-0.2, -0.15) is 0 Å². The number of sulfonamides is 1. The summed E-state index contributed by atoms with van der Waals surface area (Å²) in [6.45, 7) is 10.5. The molecule has 3 fully saturated rings. The van der Waals surface area contributed by atoms with E-state index in [9.17, 15) is 27.6 Å². The molecule has 49 heavy (non-hydrogen) atoms. The van der Waals surface area contributed by atoms with E-state index in [1.807, 2.05) is 26.0 Å².